The van der Waals surface area contributed by atoms with Gasteiger partial charge in [-0.3, -0.25) is 4.79 Å². The molecule has 0 aromatic carbocycles. The number of hydrogen-bond donors (Lipinski definition) is 1. The molecule has 1 amide bonds. The summed E-state index contributed by atoms with van der Waals surface area (Å²) in [5.74, 6) is 1.04. The van der Waals surface area contributed by atoms with E-state index in [1.165, 1.54) is 0 Å². The van der Waals surface area contributed by atoms with E-state index in [-0.39, 0.29) is 17.9 Å². The van der Waals surface area contributed by atoms with Crippen molar-refractivity contribution in [1.29, 1.82) is 0 Å². The molecule has 6 heteroatoms. The second-order valence-corrected chi connectivity index (χ2v) is 7.15. The molecule has 2 fully saturated rings. The van der Waals surface area contributed by atoms with Gasteiger partial charge in [-0.25, -0.2) is 0 Å². The molecule has 2 aliphatic rings. The Labute approximate surface area is 143 Å². The summed E-state index contributed by atoms with van der Waals surface area (Å²) in [5.41, 5.74) is 0.794. The SMILES string of the molecule is COCCN1CC(CO)C2(CCN(C(=O)c3ccoc3C)CC2)C1. The van der Waals surface area contributed by atoms with Crippen LogP contribution in [-0.4, -0.2) is 73.9 Å². The van der Waals surface area contributed by atoms with E-state index in [2.05, 4.69) is 4.90 Å². The molecule has 0 bridgehead atoms. The normalized spacial score (nSPS) is 24.0. The Morgan fingerprint density at radius 1 is 1.46 bits per heavy atom. The van der Waals surface area contributed by atoms with Crippen molar-refractivity contribution in [3.8, 4) is 0 Å². The molecule has 2 aliphatic heterocycles. The van der Waals surface area contributed by atoms with E-state index in [1.807, 2.05) is 11.8 Å². The molecule has 1 aromatic heterocycles. The number of carbonyl (C=O) groups excluding carboxylic acids is 1. The molecule has 134 valence electrons. The number of amides is 1. The van der Waals surface area contributed by atoms with Gasteiger partial charge in [-0.15, -0.1) is 0 Å². The van der Waals surface area contributed by atoms with Crippen LogP contribution in [0.25, 0.3) is 0 Å². The van der Waals surface area contributed by atoms with Gasteiger partial charge in [0.2, 0.25) is 0 Å². The summed E-state index contributed by atoms with van der Waals surface area (Å²) in [6.07, 6.45) is 3.47. The Kier molecular flexibility index (Phi) is 5.27. The maximum Gasteiger partial charge on any atom is 0.257 e. The number of nitrogens with zero attached hydrogens (tertiary/aromatic N) is 2. The Hall–Kier alpha value is -1.37. The van der Waals surface area contributed by atoms with E-state index in [0.717, 1.165) is 52.2 Å². The average Bonchev–Trinajstić information content (AvgIpc) is 3.17. The minimum Gasteiger partial charge on any atom is -0.469 e. The average molecular weight is 336 g/mol. The van der Waals surface area contributed by atoms with Gasteiger partial charge in [-0.2, -0.15) is 0 Å². The third kappa shape index (κ3) is 3.23. The molecule has 0 radical (unpaired) electrons. The Morgan fingerprint density at radius 2 is 2.21 bits per heavy atom. The number of carbonyl (C=O) groups is 1. The largest absolute Gasteiger partial charge is 0.469 e. The number of hydrogen-bond acceptors (Lipinski definition) is 5. The highest BCUT2D eigenvalue weighted by Gasteiger charge is 2.48. The van der Waals surface area contributed by atoms with E-state index in [0.29, 0.717) is 17.2 Å². The van der Waals surface area contributed by atoms with Gasteiger partial charge in [-0.05, 0) is 31.2 Å². The molecule has 0 saturated carbocycles. The zero-order chi connectivity index (χ0) is 17.2. The number of piperidine rings is 1. The lowest BCUT2D eigenvalue weighted by molar-refractivity contribution is 0.0398. The lowest BCUT2D eigenvalue weighted by atomic mass is 9.71. The number of aryl methyl sites for hydroxylation is 1. The molecule has 1 aromatic rings. The van der Waals surface area contributed by atoms with E-state index in [1.54, 1.807) is 19.4 Å². The van der Waals surface area contributed by atoms with Crippen molar-refractivity contribution < 1.29 is 19.1 Å². The van der Waals surface area contributed by atoms with Crippen LogP contribution in [0.4, 0.5) is 0 Å². The quantitative estimate of drug-likeness (QED) is 0.880. The summed E-state index contributed by atoms with van der Waals surface area (Å²) >= 11 is 0. The first-order valence-electron chi connectivity index (χ1n) is 8.75. The van der Waals surface area contributed by atoms with E-state index in [4.69, 9.17) is 9.15 Å². The number of furan rings is 1. The summed E-state index contributed by atoms with van der Waals surface area (Å²) in [4.78, 5) is 16.9. The van der Waals surface area contributed by atoms with Crippen LogP contribution in [0.15, 0.2) is 16.7 Å². The molecule has 3 heterocycles. The van der Waals surface area contributed by atoms with Crippen LogP contribution in [0, 0.1) is 18.3 Å². The zero-order valence-electron chi connectivity index (χ0n) is 14.7. The van der Waals surface area contributed by atoms with Crippen LogP contribution >= 0.6 is 0 Å². The second-order valence-electron chi connectivity index (χ2n) is 7.15. The molecule has 6 nitrogen and oxygen atoms in total. The van der Waals surface area contributed by atoms with Crippen molar-refractivity contribution in [2.24, 2.45) is 11.3 Å². The Bertz CT molecular complexity index is 563. The topological polar surface area (TPSA) is 66.2 Å². The third-order valence-corrected chi connectivity index (χ3v) is 5.85. The van der Waals surface area contributed by atoms with Crippen molar-refractivity contribution in [2.45, 2.75) is 19.8 Å². The first kappa shape index (κ1) is 17.5. The van der Waals surface area contributed by atoms with Gasteiger partial charge >= 0.3 is 0 Å². The van der Waals surface area contributed by atoms with E-state index >= 15 is 0 Å². The molecule has 1 N–H and O–H groups in total. The van der Waals surface area contributed by atoms with Crippen molar-refractivity contribution in [3.05, 3.63) is 23.7 Å². The van der Waals surface area contributed by atoms with Gasteiger partial charge in [0.15, 0.2) is 0 Å². The van der Waals surface area contributed by atoms with E-state index < -0.39 is 0 Å². The lowest BCUT2D eigenvalue weighted by Gasteiger charge is -2.42. The fourth-order valence-corrected chi connectivity index (χ4v) is 4.29. The van der Waals surface area contributed by atoms with Crippen molar-refractivity contribution in [2.75, 3.05) is 53.0 Å². The number of likely N-dealkylation sites (tertiary alicyclic amines) is 2. The van der Waals surface area contributed by atoms with Crippen molar-refractivity contribution >= 4 is 5.91 Å². The van der Waals surface area contributed by atoms with Crippen LogP contribution in [-0.2, 0) is 4.74 Å². The predicted molar refractivity (Wildman–Crippen MR) is 89.9 cm³/mol. The lowest BCUT2D eigenvalue weighted by Crippen LogP contribution is -2.47. The van der Waals surface area contributed by atoms with Gasteiger partial charge in [-0.1, -0.05) is 0 Å². The molecule has 0 aliphatic carbocycles. The first-order valence-corrected chi connectivity index (χ1v) is 8.75. The van der Waals surface area contributed by atoms with Crippen LogP contribution in [0.2, 0.25) is 0 Å². The van der Waals surface area contributed by atoms with Crippen LogP contribution in [0.1, 0.15) is 29.0 Å². The number of aliphatic hydroxyl groups is 1. The Morgan fingerprint density at radius 3 is 2.79 bits per heavy atom. The zero-order valence-corrected chi connectivity index (χ0v) is 14.7. The van der Waals surface area contributed by atoms with Crippen molar-refractivity contribution in [1.82, 2.24) is 9.80 Å². The number of aliphatic hydroxyl groups excluding tert-OH is 1. The summed E-state index contributed by atoms with van der Waals surface area (Å²) in [7, 11) is 1.72. The summed E-state index contributed by atoms with van der Waals surface area (Å²) in [6.45, 7) is 7.09. The summed E-state index contributed by atoms with van der Waals surface area (Å²) in [5, 5.41) is 9.84. The number of methoxy groups -OCH3 is 1. The van der Waals surface area contributed by atoms with Gasteiger partial charge in [0.05, 0.1) is 18.4 Å². The monoisotopic (exact) mass is 336 g/mol. The van der Waals surface area contributed by atoms with Crippen LogP contribution < -0.4 is 0 Å². The third-order valence-electron chi connectivity index (χ3n) is 5.85. The highest BCUT2D eigenvalue weighted by molar-refractivity contribution is 5.95. The molecule has 1 unspecified atom stereocenters. The maximum absolute atomic E-state index is 12.6. The van der Waals surface area contributed by atoms with Crippen LogP contribution in [0.5, 0.6) is 0 Å². The standard InChI is InChI=1S/C18H28N2O4/c1-14-16(3-9-24-14)17(22)20-6-4-18(5-7-20)13-19(8-10-23-2)11-15(18)12-21/h3,9,15,21H,4-8,10-13H2,1-2H3. The smallest absolute Gasteiger partial charge is 0.257 e. The molecule has 3 rings (SSSR count). The molecule has 24 heavy (non-hydrogen) atoms. The summed E-state index contributed by atoms with van der Waals surface area (Å²) in [6, 6.07) is 1.75. The number of rotatable bonds is 5. The fourth-order valence-electron chi connectivity index (χ4n) is 4.29. The molecule has 1 spiro atoms. The first-order chi connectivity index (χ1) is 11.6. The minimum absolute atomic E-state index is 0.0610. The molecular weight excluding hydrogens is 308 g/mol. The number of ether oxygens (including phenoxy) is 1. The van der Waals surface area contributed by atoms with Gasteiger partial charge in [0.25, 0.3) is 5.91 Å². The fraction of sp³-hybridized carbons (Fsp3) is 0.722. The van der Waals surface area contributed by atoms with Crippen LogP contribution in [0.3, 0.4) is 0 Å². The van der Waals surface area contributed by atoms with Gasteiger partial charge < -0.3 is 24.1 Å². The highest BCUT2D eigenvalue weighted by atomic mass is 16.5. The summed E-state index contributed by atoms with van der Waals surface area (Å²) < 4.78 is 10.4. The molecule has 1 atom stereocenters. The van der Waals surface area contributed by atoms with E-state index in [9.17, 15) is 9.90 Å². The molecule has 2 saturated heterocycles. The van der Waals surface area contributed by atoms with Crippen molar-refractivity contribution in [3.63, 3.8) is 0 Å². The van der Waals surface area contributed by atoms with Gasteiger partial charge in [0, 0.05) is 52.4 Å². The maximum atomic E-state index is 12.6. The molecular formula is C18H28N2O4. The Balaban J connectivity index is 1.63. The minimum atomic E-state index is 0.0610. The predicted octanol–water partition coefficient (Wildman–Crippen LogP) is 1.38. The second kappa shape index (κ2) is 7.25. The van der Waals surface area contributed by atoms with Gasteiger partial charge in [0.1, 0.15) is 5.76 Å². The highest BCUT2D eigenvalue weighted by Crippen LogP contribution is 2.44.